The number of aromatic amines is 1. The van der Waals surface area contributed by atoms with Crippen LogP contribution >= 0.6 is 0 Å². The number of amides is 1. The zero-order valence-electron chi connectivity index (χ0n) is 10.5. The van der Waals surface area contributed by atoms with Crippen molar-refractivity contribution in [3.05, 3.63) is 17.0 Å². The lowest BCUT2D eigenvalue weighted by Gasteiger charge is -2.11. The molecule has 1 heterocycles. The molecule has 0 bridgehead atoms. The third-order valence-corrected chi connectivity index (χ3v) is 2.55. The Hall–Kier alpha value is -1.85. The van der Waals surface area contributed by atoms with E-state index in [1.807, 2.05) is 13.8 Å². The standard InChI is InChI=1S/C11H17N3O3/c1-6-9(7(2)14-13-6)5-10(15)12-8(3)11(16)17-4/h8H,5H2,1-4H3,(H,12,15)(H,13,14). The molecule has 1 aromatic rings. The Kier molecular flexibility index (Phi) is 4.25. The van der Waals surface area contributed by atoms with E-state index < -0.39 is 12.0 Å². The summed E-state index contributed by atoms with van der Waals surface area (Å²) in [4.78, 5) is 22.8. The summed E-state index contributed by atoms with van der Waals surface area (Å²) in [6.45, 7) is 5.26. The van der Waals surface area contributed by atoms with Gasteiger partial charge in [0, 0.05) is 11.3 Å². The van der Waals surface area contributed by atoms with Gasteiger partial charge in [0.15, 0.2) is 0 Å². The van der Waals surface area contributed by atoms with E-state index in [1.165, 1.54) is 7.11 Å². The van der Waals surface area contributed by atoms with Gasteiger partial charge in [0.25, 0.3) is 0 Å². The Morgan fingerprint density at radius 2 is 2.12 bits per heavy atom. The average molecular weight is 239 g/mol. The number of ether oxygens (including phenoxy) is 1. The summed E-state index contributed by atoms with van der Waals surface area (Å²) in [6, 6.07) is -0.639. The molecule has 0 radical (unpaired) electrons. The summed E-state index contributed by atoms with van der Waals surface area (Å²) in [7, 11) is 1.29. The summed E-state index contributed by atoms with van der Waals surface area (Å²) in [5.74, 6) is -0.686. The summed E-state index contributed by atoms with van der Waals surface area (Å²) < 4.78 is 4.52. The molecule has 1 rings (SSSR count). The second kappa shape index (κ2) is 5.47. The van der Waals surface area contributed by atoms with Crippen molar-refractivity contribution in [1.82, 2.24) is 15.5 Å². The fourth-order valence-electron chi connectivity index (χ4n) is 1.52. The normalized spacial score (nSPS) is 12.0. The maximum Gasteiger partial charge on any atom is 0.328 e. The second-order valence-corrected chi connectivity index (χ2v) is 3.90. The van der Waals surface area contributed by atoms with Crippen molar-refractivity contribution in [3.8, 4) is 0 Å². The van der Waals surface area contributed by atoms with Crippen LogP contribution in [0.3, 0.4) is 0 Å². The van der Waals surface area contributed by atoms with Gasteiger partial charge in [-0.1, -0.05) is 0 Å². The summed E-state index contributed by atoms with van der Waals surface area (Å²) >= 11 is 0. The van der Waals surface area contributed by atoms with Crippen LogP contribution in [0.25, 0.3) is 0 Å². The van der Waals surface area contributed by atoms with Gasteiger partial charge >= 0.3 is 5.97 Å². The fourth-order valence-corrected chi connectivity index (χ4v) is 1.52. The summed E-state index contributed by atoms with van der Waals surface area (Å²) in [6.07, 6.45) is 0.204. The van der Waals surface area contributed by atoms with E-state index in [4.69, 9.17) is 0 Å². The molecular weight excluding hydrogens is 222 g/mol. The second-order valence-electron chi connectivity index (χ2n) is 3.90. The van der Waals surface area contributed by atoms with Gasteiger partial charge in [-0.25, -0.2) is 4.79 Å². The van der Waals surface area contributed by atoms with Gasteiger partial charge in [-0.3, -0.25) is 9.89 Å². The van der Waals surface area contributed by atoms with E-state index in [9.17, 15) is 9.59 Å². The molecule has 6 heteroatoms. The zero-order chi connectivity index (χ0) is 13.0. The van der Waals surface area contributed by atoms with Gasteiger partial charge in [-0.2, -0.15) is 5.10 Å². The minimum Gasteiger partial charge on any atom is -0.467 e. The van der Waals surface area contributed by atoms with Gasteiger partial charge in [0.1, 0.15) is 6.04 Å². The predicted octanol–water partition coefficient (Wildman–Crippen LogP) is 0.247. The molecule has 0 aliphatic rings. The number of rotatable bonds is 4. The van der Waals surface area contributed by atoms with Gasteiger partial charge in [-0.05, 0) is 20.8 Å². The van der Waals surface area contributed by atoms with Crippen molar-refractivity contribution in [1.29, 1.82) is 0 Å². The molecule has 1 atom stereocenters. The minimum absolute atomic E-state index is 0.204. The first-order chi connectivity index (χ1) is 7.95. The molecule has 6 nitrogen and oxygen atoms in total. The minimum atomic E-state index is -0.639. The first kappa shape index (κ1) is 13.2. The number of carbonyl (C=O) groups is 2. The van der Waals surface area contributed by atoms with Crippen LogP contribution < -0.4 is 5.32 Å². The largest absolute Gasteiger partial charge is 0.467 e. The number of hydrogen-bond acceptors (Lipinski definition) is 4. The highest BCUT2D eigenvalue weighted by Crippen LogP contribution is 2.09. The molecule has 94 valence electrons. The zero-order valence-corrected chi connectivity index (χ0v) is 10.5. The highest BCUT2D eigenvalue weighted by molar-refractivity contribution is 5.85. The van der Waals surface area contributed by atoms with Crippen molar-refractivity contribution in [2.24, 2.45) is 0 Å². The van der Waals surface area contributed by atoms with E-state index in [0.717, 1.165) is 17.0 Å². The Bertz CT molecular complexity index is 406. The molecule has 0 aliphatic heterocycles. The third kappa shape index (κ3) is 3.30. The lowest BCUT2D eigenvalue weighted by Crippen LogP contribution is -2.40. The van der Waals surface area contributed by atoms with Crippen LogP contribution in [-0.4, -0.2) is 35.2 Å². The summed E-state index contributed by atoms with van der Waals surface area (Å²) in [5.41, 5.74) is 2.52. The molecule has 1 aromatic heterocycles. The van der Waals surface area contributed by atoms with Crippen LogP contribution in [0.2, 0.25) is 0 Å². The molecule has 0 saturated carbocycles. The third-order valence-electron chi connectivity index (χ3n) is 2.55. The highest BCUT2D eigenvalue weighted by atomic mass is 16.5. The molecule has 1 amide bonds. The van der Waals surface area contributed by atoms with Crippen LogP contribution in [0.15, 0.2) is 0 Å². The summed E-state index contributed by atoms with van der Waals surface area (Å²) in [5, 5.41) is 9.38. The Labute approximate surface area is 99.7 Å². The molecule has 0 fully saturated rings. The van der Waals surface area contributed by atoms with E-state index in [0.29, 0.717) is 0 Å². The SMILES string of the molecule is COC(=O)C(C)NC(=O)Cc1c(C)n[nH]c1C. The Balaban J connectivity index is 2.59. The molecule has 0 saturated heterocycles. The van der Waals surface area contributed by atoms with Crippen molar-refractivity contribution in [3.63, 3.8) is 0 Å². The Morgan fingerprint density at radius 3 is 2.59 bits per heavy atom. The van der Waals surface area contributed by atoms with Crippen LogP contribution in [0.5, 0.6) is 0 Å². The molecule has 0 aliphatic carbocycles. The van der Waals surface area contributed by atoms with E-state index in [2.05, 4.69) is 20.3 Å². The van der Waals surface area contributed by atoms with E-state index >= 15 is 0 Å². The van der Waals surface area contributed by atoms with Crippen LogP contribution in [0.1, 0.15) is 23.9 Å². The average Bonchev–Trinajstić information content (AvgIpc) is 2.59. The van der Waals surface area contributed by atoms with Crippen LogP contribution in [0.4, 0.5) is 0 Å². The first-order valence-corrected chi connectivity index (χ1v) is 5.33. The van der Waals surface area contributed by atoms with Crippen molar-refractivity contribution >= 4 is 11.9 Å². The molecule has 0 aromatic carbocycles. The molecule has 1 unspecified atom stereocenters. The quantitative estimate of drug-likeness (QED) is 0.737. The number of methoxy groups -OCH3 is 1. The van der Waals surface area contributed by atoms with E-state index in [-0.39, 0.29) is 12.3 Å². The highest BCUT2D eigenvalue weighted by Gasteiger charge is 2.17. The van der Waals surface area contributed by atoms with Crippen molar-refractivity contribution < 1.29 is 14.3 Å². The van der Waals surface area contributed by atoms with Gasteiger partial charge in [0.05, 0.1) is 19.2 Å². The molecule has 2 N–H and O–H groups in total. The number of H-pyrrole nitrogens is 1. The number of esters is 1. The number of aryl methyl sites for hydroxylation is 2. The topological polar surface area (TPSA) is 84.1 Å². The number of nitrogens with one attached hydrogen (secondary N) is 2. The molecule has 0 spiro atoms. The lowest BCUT2D eigenvalue weighted by atomic mass is 10.1. The smallest absolute Gasteiger partial charge is 0.328 e. The Morgan fingerprint density at radius 1 is 1.47 bits per heavy atom. The fraction of sp³-hybridized carbons (Fsp3) is 0.545. The number of aromatic nitrogens is 2. The lowest BCUT2D eigenvalue weighted by molar-refractivity contribution is -0.144. The van der Waals surface area contributed by atoms with Crippen molar-refractivity contribution in [2.75, 3.05) is 7.11 Å². The molecule has 17 heavy (non-hydrogen) atoms. The predicted molar refractivity (Wildman–Crippen MR) is 61.4 cm³/mol. The maximum absolute atomic E-state index is 11.7. The first-order valence-electron chi connectivity index (χ1n) is 5.33. The molecular formula is C11H17N3O3. The van der Waals surface area contributed by atoms with Crippen LogP contribution in [0, 0.1) is 13.8 Å². The number of nitrogens with zero attached hydrogens (tertiary/aromatic N) is 1. The van der Waals surface area contributed by atoms with E-state index in [1.54, 1.807) is 6.92 Å². The maximum atomic E-state index is 11.7. The van der Waals surface area contributed by atoms with Gasteiger partial charge < -0.3 is 10.1 Å². The number of carbonyl (C=O) groups excluding carboxylic acids is 2. The van der Waals surface area contributed by atoms with Gasteiger partial charge in [-0.15, -0.1) is 0 Å². The number of hydrogen-bond donors (Lipinski definition) is 2. The monoisotopic (exact) mass is 239 g/mol. The van der Waals surface area contributed by atoms with Crippen LogP contribution in [-0.2, 0) is 20.7 Å². The van der Waals surface area contributed by atoms with Crippen molar-refractivity contribution in [2.45, 2.75) is 33.2 Å². The van der Waals surface area contributed by atoms with Gasteiger partial charge in [0.2, 0.25) is 5.91 Å².